The van der Waals surface area contributed by atoms with Crippen LogP contribution in [0.3, 0.4) is 0 Å². The van der Waals surface area contributed by atoms with Crippen LogP contribution in [0, 0.1) is 0 Å². The van der Waals surface area contributed by atoms with Crippen LogP contribution in [0.5, 0.6) is 11.5 Å². The predicted molar refractivity (Wildman–Crippen MR) is 181 cm³/mol. The number of hydrogen-bond donors (Lipinski definition) is 1. The van der Waals surface area contributed by atoms with Crippen molar-refractivity contribution in [2.75, 3.05) is 18.1 Å². The van der Waals surface area contributed by atoms with Gasteiger partial charge < -0.3 is 9.47 Å². The van der Waals surface area contributed by atoms with Crippen molar-refractivity contribution in [3.05, 3.63) is 110 Å². The number of aromatic amines is 1. The topological polar surface area (TPSA) is 90.7 Å². The molecule has 1 N–H and O–H groups in total. The molecule has 4 aromatic heterocycles. The fraction of sp³-hybridized carbons (Fsp3) is 0.176. The van der Waals surface area contributed by atoms with Gasteiger partial charge in [-0.15, -0.1) is 0 Å². The van der Waals surface area contributed by atoms with E-state index >= 15 is 0 Å². The highest BCUT2D eigenvalue weighted by molar-refractivity contribution is 14.1. The van der Waals surface area contributed by atoms with Crippen LogP contribution in [0.2, 0.25) is 0 Å². The van der Waals surface area contributed by atoms with Gasteiger partial charge in [0.2, 0.25) is 0 Å². The maximum atomic E-state index is 5.48. The average Bonchev–Trinajstić information content (AvgIpc) is 3.72. The summed E-state index contributed by atoms with van der Waals surface area (Å²) < 4.78 is 12.8. The Bertz CT molecular complexity index is 1650. The number of alkyl halides is 1. The lowest BCUT2D eigenvalue weighted by Crippen LogP contribution is -1.91. The minimum Gasteiger partial charge on any atom is -0.494 e. The molecule has 8 nitrogen and oxygen atoms in total. The summed E-state index contributed by atoms with van der Waals surface area (Å²) in [5.41, 5.74) is 8.50. The van der Waals surface area contributed by atoms with Gasteiger partial charge in [-0.05, 0) is 103 Å². The Balaban J connectivity index is 0.000000186. The first-order valence-corrected chi connectivity index (χ1v) is 16.0. The fourth-order valence-corrected chi connectivity index (χ4v) is 4.46. The molecule has 220 valence electrons. The molecule has 0 aliphatic heterocycles. The Kier molecular flexibility index (Phi) is 11.8. The van der Waals surface area contributed by atoms with Crippen LogP contribution in [-0.4, -0.2) is 48.1 Å². The number of aromatic nitrogens is 6. The Morgan fingerprint density at radius 2 is 1.14 bits per heavy atom. The van der Waals surface area contributed by atoms with Gasteiger partial charge in [0, 0.05) is 60.3 Å². The van der Waals surface area contributed by atoms with E-state index in [9.17, 15) is 0 Å². The normalized spacial score (nSPS) is 10.2. The highest BCUT2D eigenvalue weighted by Gasteiger charge is 2.12. The first-order valence-electron chi connectivity index (χ1n) is 13.9. The minimum atomic E-state index is 0.672. The predicted octanol–water partition coefficient (Wildman–Crippen LogP) is 8.14. The summed E-state index contributed by atoms with van der Waals surface area (Å²) >= 11 is 2.15. The lowest BCUT2D eigenvalue weighted by atomic mass is 10.0. The van der Waals surface area contributed by atoms with Crippen molar-refractivity contribution in [1.82, 2.24) is 29.9 Å². The van der Waals surface area contributed by atoms with Gasteiger partial charge in [0.1, 0.15) is 17.2 Å². The van der Waals surface area contributed by atoms with Crippen molar-refractivity contribution in [3.8, 4) is 56.3 Å². The molecule has 0 bridgehead atoms. The summed E-state index contributed by atoms with van der Waals surface area (Å²) in [5, 5.41) is 11.8. The zero-order valence-electron chi connectivity index (χ0n) is 24.7. The summed E-state index contributed by atoms with van der Waals surface area (Å²) in [5.74, 6) is 1.75. The first kappa shape index (κ1) is 31.4. The van der Waals surface area contributed by atoms with Gasteiger partial charge in [-0.3, -0.25) is 19.7 Å². The molecule has 0 atom stereocenters. The summed E-state index contributed by atoms with van der Waals surface area (Å²) in [6.07, 6.45) is 11.0. The quantitative estimate of drug-likeness (QED) is 0.129. The number of nitrogens with zero attached hydrogens (tertiary/aromatic N) is 5. The summed E-state index contributed by atoms with van der Waals surface area (Å²) in [4.78, 5) is 10.1. The lowest BCUT2D eigenvalue weighted by molar-refractivity contribution is 0.340. The van der Waals surface area contributed by atoms with Crippen LogP contribution in [0.4, 0.5) is 0 Å². The molecule has 0 aliphatic carbocycles. The van der Waals surface area contributed by atoms with Crippen molar-refractivity contribution in [2.24, 2.45) is 7.05 Å². The molecular weight excluding hydrogens is 649 g/mol. The van der Waals surface area contributed by atoms with Crippen molar-refractivity contribution in [1.29, 1.82) is 0 Å². The SMILES string of the molecule is CCOc1ccc(-c2[nH]ncc2-c2ccncc2)cc1.CCOc1ccc(-c2nn([11CH3])cc2-c2ccncc2)cc1.[11CH3]I. The standard InChI is InChI=1S/C17H17N3O.C16H15N3O.CH3I/c1-3-21-15-6-4-14(5-7-15)17-16(12-20(2)19-17)13-8-10-18-11-9-13;1-2-20-14-5-3-13(4-6-14)16-15(11-18-19-16)12-7-9-17-10-8-12;1-2/h4-12H,3H2,1-2H3;3-11H,2H2,1H3,(H,18,19);1H3/i2-1;;1-1. The Morgan fingerprint density at radius 1 is 0.651 bits per heavy atom. The number of ether oxygens (including phenoxy) is 2. The highest BCUT2D eigenvalue weighted by atomic mass is 127. The molecule has 4 heterocycles. The van der Waals surface area contributed by atoms with Gasteiger partial charge in [0.15, 0.2) is 0 Å². The molecule has 0 aliphatic rings. The van der Waals surface area contributed by atoms with E-state index in [4.69, 9.17) is 9.47 Å². The monoisotopic (exact) mass is 684 g/mol. The first-order chi connectivity index (χ1) is 21.2. The molecule has 43 heavy (non-hydrogen) atoms. The van der Waals surface area contributed by atoms with Gasteiger partial charge in [-0.25, -0.2) is 0 Å². The Morgan fingerprint density at radius 3 is 1.65 bits per heavy atom. The highest BCUT2D eigenvalue weighted by Crippen LogP contribution is 2.32. The number of hydrogen-bond acceptors (Lipinski definition) is 6. The molecular formula is C34H35IN6O2. The zero-order valence-corrected chi connectivity index (χ0v) is 26.9. The van der Waals surface area contributed by atoms with Crippen LogP contribution in [0.15, 0.2) is 110 Å². The Hall–Kier alpha value is -4.51. The second-order valence-corrected chi connectivity index (χ2v) is 9.11. The number of pyridine rings is 2. The van der Waals surface area contributed by atoms with E-state index in [-0.39, 0.29) is 0 Å². The maximum absolute atomic E-state index is 5.48. The third-order valence-corrected chi connectivity index (χ3v) is 6.34. The van der Waals surface area contributed by atoms with E-state index in [0.717, 1.165) is 56.3 Å². The number of H-pyrrole nitrogens is 1. The van der Waals surface area contributed by atoms with Crippen LogP contribution in [0.1, 0.15) is 13.8 Å². The van der Waals surface area contributed by atoms with Crippen LogP contribution in [-0.2, 0) is 7.05 Å². The second-order valence-electron chi connectivity index (χ2n) is 9.11. The molecule has 0 fully saturated rings. The molecule has 9 heteroatoms. The van der Waals surface area contributed by atoms with Crippen molar-refractivity contribution in [3.63, 3.8) is 0 Å². The number of rotatable bonds is 8. The van der Waals surface area contributed by atoms with E-state index in [1.807, 2.05) is 116 Å². The van der Waals surface area contributed by atoms with Gasteiger partial charge in [0.05, 0.1) is 25.1 Å². The molecule has 0 saturated heterocycles. The molecule has 2 aromatic carbocycles. The molecule has 6 rings (SSSR count). The second kappa shape index (κ2) is 16.2. The smallest absolute Gasteiger partial charge is 0.119 e. The van der Waals surface area contributed by atoms with Crippen LogP contribution < -0.4 is 9.47 Å². The number of aryl methyl sites for hydroxylation is 1. The number of halogens is 1. The molecule has 0 amide bonds. The van der Waals surface area contributed by atoms with E-state index < -0.39 is 0 Å². The maximum Gasteiger partial charge on any atom is 0.119 e. The van der Waals surface area contributed by atoms with E-state index in [1.165, 1.54) is 0 Å². The van der Waals surface area contributed by atoms with Gasteiger partial charge in [-0.2, -0.15) is 10.2 Å². The molecule has 0 unspecified atom stereocenters. The third kappa shape index (κ3) is 8.29. The van der Waals surface area contributed by atoms with Gasteiger partial charge in [0.25, 0.3) is 0 Å². The molecule has 0 spiro atoms. The van der Waals surface area contributed by atoms with Crippen LogP contribution >= 0.6 is 22.6 Å². The summed E-state index contributed by atoms with van der Waals surface area (Å²) in [6, 6.07) is 24.0. The Labute approximate surface area is 266 Å². The van der Waals surface area contributed by atoms with Crippen molar-refractivity contribution >= 4 is 22.6 Å². The summed E-state index contributed by atoms with van der Waals surface area (Å²) in [7, 11) is 1.93. The fourth-order valence-electron chi connectivity index (χ4n) is 4.46. The zero-order chi connectivity index (χ0) is 30.4. The van der Waals surface area contributed by atoms with Crippen molar-refractivity contribution in [2.45, 2.75) is 13.8 Å². The molecule has 6 aromatic rings. The summed E-state index contributed by atoms with van der Waals surface area (Å²) in [6.45, 7) is 5.30. The lowest BCUT2D eigenvalue weighted by Gasteiger charge is -2.06. The number of benzene rings is 2. The largest absolute Gasteiger partial charge is 0.494 e. The number of nitrogens with one attached hydrogen (secondary N) is 1. The van der Waals surface area contributed by atoms with Gasteiger partial charge >= 0.3 is 0 Å². The third-order valence-electron chi connectivity index (χ3n) is 6.34. The van der Waals surface area contributed by atoms with E-state index in [2.05, 4.69) is 47.9 Å². The molecule has 0 saturated carbocycles. The van der Waals surface area contributed by atoms with Crippen LogP contribution in [0.25, 0.3) is 44.8 Å². The molecule has 0 radical (unpaired) electrons. The average molecular weight is 685 g/mol. The van der Waals surface area contributed by atoms with E-state index in [0.29, 0.717) is 13.2 Å². The van der Waals surface area contributed by atoms with Crippen molar-refractivity contribution < 1.29 is 9.47 Å². The van der Waals surface area contributed by atoms with Gasteiger partial charge in [-0.1, -0.05) is 22.6 Å². The van der Waals surface area contributed by atoms with E-state index in [1.54, 1.807) is 24.8 Å². The minimum absolute atomic E-state index is 0.672.